The van der Waals surface area contributed by atoms with Gasteiger partial charge in [-0.25, -0.2) is 4.79 Å². The molecule has 0 unspecified atom stereocenters. The molecular formula is C11H12N2O4. The van der Waals surface area contributed by atoms with E-state index in [-0.39, 0.29) is 17.5 Å². The standard InChI is InChI=1S/C11H12N2O4/c14-11(8-4-3-7-12-8)17-10-6-2-1-5-9(10)13(15)16/h1-2,5-6,8,12H,3-4,7H2/t8-/m0/s1. The van der Waals surface area contributed by atoms with E-state index in [1.54, 1.807) is 6.07 Å². The van der Waals surface area contributed by atoms with E-state index in [0.29, 0.717) is 6.42 Å². The Hall–Kier alpha value is -1.95. The van der Waals surface area contributed by atoms with Crippen molar-refractivity contribution in [2.75, 3.05) is 6.54 Å². The van der Waals surface area contributed by atoms with Crippen molar-refractivity contribution in [3.8, 4) is 5.75 Å². The summed E-state index contributed by atoms with van der Waals surface area (Å²) in [7, 11) is 0. The smallest absolute Gasteiger partial charge is 0.328 e. The molecular weight excluding hydrogens is 224 g/mol. The lowest BCUT2D eigenvalue weighted by atomic mass is 10.2. The van der Waals surface area contributed by atoms with E-state index in [2.05, 4.69) is 5.32 Å². The van der Waals surface area contributed by atoms with Crippen LogP contribution >= 0.6 is 0 Å². The first kappa shape index (κ1) is 11.5. The SMILES string of the molecule is O=C(Oc1ccccc1[N+](=O)[O-])[C@@H]1CCCN1. The second-order valence-corrected chi connectivity index (χ2v) is 3.79. The maximum Gasteiger partial charge on any atom is 0.328 e. The maximum absolute atomic E-state index is 11.7. The van der Waals surface area contributed by atoms with E-state index >= 15 is 0 Å². The third-order valence-corrected chi connectivity index (χ3v) is 2.62. The summed E-state index contributed by atoms with van der Waals surface area (Å²) in [5.41, 5.74) is -0.196. The zero-order valence-corrected chi connectivity index (χ0v) is 9.09. The molecule has 1 atom stereocenters. The number of rotatable bonds is 3. The number of nitrogens with one attached hydrogen (secondary N) is 1. The van der Waals surface area contributed by atoms with Crippen LogP contribution in [-0.4, -0.2) is 23.5 Å². The minimum Gasteiger partial charge on any atom is -0.418 e. The summed E-state index contributed by atoms with van der Waals surface area (Å²) in [4.78, 5) is 21.8. The number of nitro groups is 1. The average molecular weight is 236 g/mol. The number of hydrogen-bond donors (Lipinski definition) is 1. The highest BCUT2D eigenvalue weighted by atomic mass is 16.6. The maximum atomic E-state index is 11.7. The van der Waals surface area contributed by atoms with Crippen molar-refractivity contribution in [2.24, 2.45) is 0 Å². The van der Waals surface area contributed by atoms with Crippen LogP contribution in [0, 0.1) is 10.1 Å². The first-order valence-electron chi connectivity index (χ1n) is 5.37. The van der Waals surface area contributed by atoms with Crippen molar-refractivity contribution in [3.05, 3.63) is 34.4 Å². The molecule has 6 heteroatoms. The molecule has 1 saturated heterocycles. The normalized spacial score (nSPS) is 18.9. The lowest BCUT2D eigenvalue weighted by Gasteiger charge is -2.09. The van der Waals surface area contributed by atoms with Crippen LogP contribution in [0.3, 0.4) is 0 Å². The number of nitrogens with zero attached hydrogens (tertiary/aromatic N) is 1. The predicted molar refractivity (Wildman–Crippen MR) is 59.8 cm³/mol. The van der Waals surface area contributed by atoms with Gasteiger partial charge in [0.25, 0.3) is 0 Å². The molecule has 1 fully saturated rings. The first-order chi connectivity index (χ1) is 8.18. The number of ether oxygens (including phenoxy) is 1. The summed E-state index contributed by atoms with van der Waals surface area (Å²) in [6, 6.07) is 5.51. The summed E-state index contributed by atoms with van der Waals surface area (Å²) in [5, 5.41) is 13.7. The first-order valence-corrected chi connectivity index (χ1v) is 5.37. The second kappa shape index (κ2) is 4.92. The molecule has 1 aliphatic rings. The van der Waals surface area contributed by atoms with E-state index in [0.717, 1.165) is 13.0 Å². The number of para-hydroxylation sites is 2. The number of carbonyl (C=O) groups is 1. The van der Waals surface area contributed by atoms with E-state index in [9.17, 15) is 14.9 Å². The van der Waals surface area contributed by atoms with Gasteiger partial charge in [-0.15, -0.1) is 0 Å². The number of esters is 1. The molecule has 17 heavy (non-hydrogen) atoms. The Morgan fingerprint density at radius 3 is 2.88 bits per heavy atom. The third-order valence-electron chi connectivity index (χ3n) is 2.62. The molecule has 0 radical (unpaired) electrons. The molecule has 0 saturated carbocycles. The van der Waals surface area contributed by atoms with Gasteiger partial charge in [0, 0.05) is 6.07 Å². The van der Waals surface area contributed by atoms with Crippen LogP contribution in [-0.2, 0) is 4.79 Å². The summed E-state index contributed by atoms with van der Waals surface area (Å²) in [5.74, 6) is -0.465. The van der Waals surface area contributed by atoms with Crippen molar-refractivity contribution in [2.45, 2.75) is 18.9 Å². The van der Waals surface area contributed by atoms with Gasteiger partial charge >= 0.3 is 11.7 Å². The van der Waals surface area contributed by atoms with Crippen molar-refractivity contribution in [3.63, 3.8) is 0 Å². The Morgan fingerprint density at radius 2 is 2.24 bits per heavy atom. The lowest BCUT2D eigenvalue weighted by Crippen LogP contribution is -2.34. The lowest BCUT2D eigenvalue weighted by molar-refractivity contribution is -0.385. The molecule has 1 N–H and O–H groups in total. The van der Waals surface area contributed by atoms with Crippen molar-refractivity contribution in [1.29, 1.82) is 0 Å². The molecule has 0 aromatic heterocycles. The highest BCUT2D eigenvalue weighted by Crippen LogP contribution is 2.26. The van der Waals surface area contributed by atoms with Crippen LogP contribution in [0.2, 0.25) is 0 Å². The Labute approximate surface area is 97.7 Å². The number of carbonyl (C=O) groups excluding carboxylic acids is 1. The van der Waals surface area contributed by atoms with Crippen LogP contribution in [0.15, 0.2) is 24.3 Å². The Bertz CT molecular complexity index is 441. The third kappa shape index (κ3) is 2.59. The fraction of sp³-hybridized carbons (Fsp3) is 0.364. The predicted octanol–water partition coefficient (Wildman–Crippen LogP) is 1.25. The van der Waals surface area contributed by atoms with E-state index in [1.165, 1.54) is 18.2 Å². The van der Waals surface area contributed by atoms with E-state index in [1.807, 2.05) is 0 Å². The topological polar surface area (TPSA) is 81.5 Å². The summed E-state index contributed by atoms with van der Waals surface area (Å²) in [6.07, 6.45) is 1.62. The molecule has 0 bridgehead atoms. The summed E-state index contributed by atoms with van der Waals surface area (Å²) >= 11 is 0. The fourth-order valence-electron chi connectivity index (χ4n) is 1.76. The van der Waals surface area contributed by atoms with Gasteiger partial charge in [-0.05, 0) is 25.5 Å². The Kier molecular flexibility index (Phi) is 3.34. The molecule has 0 spiro atoms. The van der Waals surface area contributed by atoms with Gasteiger partial charge in [-0.3, -0.25) is 10.1 Å². The van der Waals surface area contributed by atoms with Gasteiger partial charge in [-0.1, -0.05) is 12.1 Å². The number of nitro benzene ring substituents is 1. The molecule has 1 aromatic rings. The molecule has 90 valence electrons. The zero-order chi connectivity index (χ0) is 12.3. The molecule has 1 heterocycles. The quantitative estimate of drug-likeness (QED) is 0.369. The van der Waals surface area contributed by atoms with Crippen molar-refractivity contribution >= 4 is 11.7 Å². The molecule has 1 aromatic carbocycles. The van der Waals surface area contributed by atoms with Gasteiger partial charge in [0.15, 0.2) is 0 Å². The number of benzene rings is 1. The average Bonchev–Trinajstić information content (AvgIpc) is 2.83. The second-order valence-electron chi connectivity index (χ2n) is 3.79. The highest BCUT2D eigenvalue weighted by Gasteiger charge is 2.26. The minimum absolute atomic E-state index is 0.00352. The van der Waals surface area contributed by atoms with Crippen molar-refractivity contribution in [1.82, 2.24) is 5.32 Å². The summed E-state index contributed by atoms with van der Waals surface area (Å²) < 4.78 is 5.05. The molecule has 0 amide bonds. The Balaban J connectivity index is 2.12. The minimum atomic E-state index is -0.565. The van der Waals surface area contributed by atoms with Gasteiger partial charge in [0.2, 0.25) is 5.75 Å². The molecule has 2 rings (SSSR count). The Morgan fingerprint density at radius 1 is 1.47 bits per heavy atom. The molecule has 0 aliphatic carbocycles. The van der Waals surface area contributed by atoms with E-state index in [4.69, 9.17) is 4.74 Å². The molecule has 1 aliphatic heterocycles. The van der Waals surface area contributed by atoms with Gasteiger partial charge in [0.1, 0.15) is 6.04 Å². The van der Waals surface area contributed by atoms with Crippen LogP contribution in [0.5, 0.6) is 5.75 Å². The van der Waals surface area contributed by atoms with E-state index < -0.39 is 10.9 Å². The summed E-state index contributed by atoms with van der Waals surface area (Å²) in [6.45, 7) is 0.774. The van der Waals surface area contributed by atoms with Crippen molar-refractivity contribution < 1.29 is 14.5 Å². The van der Waals surface area contributed by atoms with Gasteiger partial charge in [0.05, 0.1) is 4.92 Å². The highest BCUT2D eigenvalue weighted by molar-refractivity contribution is 5.79. The number of hydrogen-bond acceptors (Lipinski definition) is 5. The van der Waals surface area contributed by atoms with Gasteiger partial charge in [-0.2, -0.15) is 0 Å². The van der Waals surface area contributed by atoms with Crippen LogP contribution < -0.4 is 10.1 Å². The van der Waals surface area contributed by atoms with Gasteiger partial charge < -0.3 is 10.1 Å². The largest absolute Gasteiger partial charge is 0.418 e. The van der Waals surface area contributed by atoms with Crippen LogP contribution in [0.1, 0.15) is 12.8 Å². The van der Waals surface area contributed by atoms with Crippen LogP contribution in [0.4, 0.5) is 5.69 Å². The zero-order valence-electron chi connectivity index (χ0n) is 9.09. The molecule has 6 nitrogen and oxygen atoms in total. The van der Waals surface area contributed by atoms with Crippen LogP contribution in [0.25, 0.3) is 0 Å². The monoisotopic (exact) mass is 236 g/mol. The fourth-order valence-corrected chi connectivity index (χ4v) is 1.76.